The highest BCUT2D eigenvalue weighted by Crippen LogP contribution is 2.15. The van der Waals surface area contributed by atoms with Crippen LogP contribution < -0.4 is 5.32 Å². The van der Waals surface area contributed by atoms with E-state index in [9.17, 15) is 0 Å². The Balaban J connectivity index is 2.21. The Bertz CT molecular complexity index is 123. The summed E-state index contributed by atoms with van der Waals surface area (Å²) in [5.41, 5.74) is 0. The van der Waals surface area contributed by atoms with Crippen LogP contribution in [0.4, 0.5) is 0 Å². The van der Waals surface area contributed by atoms with Crippen LogP contribution >= 0.6 is 0 Å². The Morgan fingerprint density at radius 2 is 2.25 bits per heavy atom. The number of nitrogens with one attached hydrogen (secondary N) is 1. The van der Waals surface area contributed by atoms with E-state index in [4.69, 9.17) is 0 Å². The molecule has 1 aliphatic heterocycles. The summed E-state index contributed by atoms with van der Waals surface area (Å²) in [6.07, 6.45) is 2.77. The summed E-state index contributed by atoms with van der Waals surface area (Å²) in [6.45, 7) is 10.4. The number of nitrogens with zero attached hydrogens (tertiary/aromatic N) is 1. The van der Waals surface area contributed by atoms with Gasteiger partial charge in [-0.2, -0.15) is 0 Å². The molecule has 0 spiro atoms. The van der Waals surface area contributed by atoms with Crippen molar-refractivity contribution in [3.63, 3.8) is 0 Å². The molecule has 0 aromatic rings. The zero-order chi connectivity index (χ0) is 8.97. The predicted molar refractivity (Wildman–Crippen MR) is 53.4 cm³/mol. The van der Waals surface area contributed by atoms with Crippen molar-refractivity contribution < 1.29 is 0 Å². The fourth-order valence-corrected chi connectivity index (χ4v) is 1.91. The van der Waals surface area contributed by atoms with E-state index in [1.165, 1.54) is 32.5 Å². The average molecular weight is 170 g/mol. The van der Waals surface area contributed by atoms with Crippen molar-refractivity contribution in [1.29, 1.82) is 0 Å². The lowest BCUT2D eigenvalue weighted by Gasteiger charge is -2.23. The van der Waals surface area contributed by atoms with Crippen molar-refractivity contribution in [3.05, 3.63) is 0 Å². The molecule has 1 fully saturated rings. The van der Waals surface area contributed by atoms with Crippen LogP contribution in [0.2, 0.25) is 0 Å². The van der Waals surface area contributed by atoms with Gasteiger partial charge in [-0.1, -0.05) is 20.8 Å². The first kappa shape index (κ1) is 10.0. The van der Waals surface area contributed by atoms with Crippen LogP contribution in [0.15, 0.2) is 0 Å². The van der Waals surface area contributed by atoms with Crippen molar-refractivity contribution in [2.45, 2.75) is 45.7 Å². The Morgan fingerprint density at radius 3 is 2.83 bits per heavy atom. The lowest BCUT2D eigenvalue weighted by atomic mass is 10.2. The van der Waals surface area contributed by atoms with Gasteiger partial charge in [0, 0.05) is 18.6 Å². The molecule has 1 aliphatic rings. The third-order valence-corrected chi connectivity index (χ3v) is 2.67. The van der Waals surface area contributed by atoms with Crippen LogP contribution in [0.1, 0.15) is 33.6 Å². The minimum atomic E-state index is 0.629. The van der Waals surface area contributed by atoms with E-state index in [0.29, 0.717) is 6.04 Å². The highest BCUT2D eigenvalue weighted by Gasteiger charge is 2.22. The molecule has 0 radical (unpaired) electrons. The number of rotatable bonds is 4. The number of likely N-dealkylation sites (tertiary alicyclic amines) is 1. The maximum atomic E-state index is 3.51. The third-order valence-electron chi connectivity index (χ3n) is 2.67. The van der Waals surface area contributed by atoms with E-state index >= 15 is 0 Å². The maximum absolute atomic E-state index is 3.51. The van der Waals surface area contributed by atoms with Gasteiger partial charge in [0.25, 0.3) is 0 Å². The maximum Gasteiger partial charge on any atom is 0.0221 e. The van der Waals surface area contributed by atoms with Crippen LogP contribution in [0.5, 0.6) is 0 Å². The van der Waals surface area contributed by atoms with E-state index in [1.54, 1.807) is 0 Å². The van der Waals surface area contributed by atoms with Gasteiger partial charge in [-0.15, -0.1) is 0 Å². The zero-order valence-electron chi connectivity index (χ0n) is 8.64. The summed E-state index contributed by atoms with van der Waals surface area (Å²) in [4.78, 5) is 2.58. The van der Waals surface area contributed by atoms with Crippen molar-refractivity contribution >= 4 is 0 Å². The summed E-state index contributed by atoms with van der Waals surface area (Å²) in [5, 5.41) is 3.51. The summed E-state index contributed by atoms with van der Waals surface area (Å²) in [6, 6.07) is 1.43. The molecule has 0 aromatic heterocycles. The summed E-state index contributed by atoms with van der Waals surface area (Å²) in [5.74, 6) is 0. The van der Waals surface area contributed by atoms with Crippen LogP contribution in [0, 0.1) is 0 Å². The average Bonchev–Trinajstić information content (AvgIpc) is 2.47. The zero-order valence-corrected chi connectivity index (χ0v) is 8.64. The van der Waals surface area contributed by atoms with Crippen molar-refractivity contribution in [2.75, 3.05) is 19.6 Å². The minimum absolute atomic E-state index is 0.629. The highest BCUT2D eigenvalue weighted by molar-refractivity contribution is 4.80. The minimum Gasteiger partial charge on any atom is -0.313 e. The van der Waals surface area contributed by atoms with Gasteiger partial charge in [0.2, 0.25) is 0 Å². The van der Waals surface area contributed by atoms with Gasteiger partial charge in [0.05, 0.1) is 0 Å². The second-order valence-corrected chi connectivity index (χ2v) is 3.99. The van der Waals surface area contributed by atoms with Gasteiger partial charge in [-0.3, -0.25) is 4.90 Å². The lowest BCUT2D eigenvalue weighted by Crippen LogP contribution is -2.39. The monoisotopic (exact) mass is 170 g/mol. The topological polar surface area (TPSA) is 15.3 Å². The van der Waals surface area contributed by atoms with Gasteiger partial charge in [0.15, 0.2) is 0 Å². The quantitative estimate of drug-likeness (QED) is 0.687. The second-order valence-electron chi connectivity index (χ2n) is 3.99. The van der Waals surface area contributed by atoms with Gasteiger partial charge in [0.1, 0.15) is 0 Å². The first-order valence-corrected chi connectivity index (χ1v) is 5.21. The van der Waals surface area contributed by atoms with E-state index in [-0.39, 0.29) is 0 Å². The molecule has 72 valence electrons. The second kappa shape index (κ2) is 4.83. The van der Waals surface area contributed by atoms with E-state index < -0.39 is 0 Å². The highest BCUT2D eigenvalue weighted by atomic mass is 15.2. The largest absolute Gasteiger partial charge is 0.313 e. The molecular weight excluding hydrogens is 148 g/mol. The molecule has 1 atom stereocenters. The Labute approximate surface area is 76.3 Å². The summed E-state index contributed by atoms with van der Waals surface area (Å²) in [7, 11) is 0. The molecule has 2 heteroatoms. The molecule has 1 saturated heterocycles. The Hall–Kier alpha value is -0.0800. The molecule has 1 N–H and O–H groups in total. The molecule has 12 heavy (non-hydrogen) atoms. The first-order valence-electron chi connectivity index (χ1n) is 5.21. The molecule has 1 rings (SSSR count). The van der Waals surface area contributed by atoms with Crippen LogP contribution in [-0.2, 0) is 0 Å². The van der Waals surface area contributed by atoms with Gasteiger partial charge < -0.3 is 5.32 Å². The number of hydrogen-bond donors (Lipinski definition) is 1. The summed E-state index contributed by atoms with van der Waals surface area (Å²) < 4.78 is 0. The summed E-state index contributed by atoms with van der Waals surface area (Å²) >= 11 is 0. The fraction of sp³-hybridized carbons (Fsp3) is 1.00. The molecule has 1 unspecified atom stereocenters. The predicted octanol–water partition coefficient (Wildman–Crippen LogP) is 1.47. The third kappa shape index (κ3) is 2.76. The van der Waals surface area contributed by atoms with Crippen LogP contribution in [-0.4, -0.2) is 36.6 Å². The van der Waals surface area contributed by atoms with E-state index in [2.05, 4.69) is 31.0 Å². The first-order chi connectivity index (χ1) is 5.74. The normalized spacial score (nSPS) is 25.5. The molecule has 1 heterocycles. The molecule has 0 aliphatic carbocycles. The Morgan fingerprint density at radius 1 is 1.50 bits per heavy atom. The lowest BCUT2D eigenvalue weighted by molar-refractivity contribution is 0.256. The van der Waals surface area contributed by atoms with E-state index in [1.807, 2.05) is 0 Å². The molecule has 2 nitrogen and oxygen atoms in total. The number of likely N-dealkylation sites (N-methyl/N-ethyl adjacent to an activating group) is 1. The molecule has 0 saturated carbocycles. The SMILES string of the molecule is CCN1CCCC1CNC(C)C. The number of hydrogen-bond acceptors (Lipinski definition) is 2. The molecule has 0 amide bonds. The van der Waals surface area contributed by atoms with Crippen molar-refractivity contribution in [3.8, 4) is 0 Å². The fourth-order valence-electron chi connectivity index (χ4n) is 1.91. The van der Waals surface area contributed by atoms with Crippen molar-refractivity contribution in [1.82, 2.24) is 10.2 Å². The molecule has 0 aromatic carbocycles. The standard InChI is InChI=1S/C10H22N2/c1-4-12-7-5-6-10(12)8-11-9(2)3/h9-11H,4-8H2,1-3H3. The smallest absolute Gasteiger partial charge is 0.0221 e. The van der Waals surface area contributed by atoms with Crippen LogP contribution in [0.3, 0.4) is 0 Å². The van der Waals surface area contributed by atoms with E-state index in [0.717, 1.165) is 6.04 Å². The Kier molecular flexibility index (Phi) is 4.02. The molecule has 0 bridgehead atoms. The van der Waals surface area contributed by atoms with Gasteiger partial charge in [-0.25, -0.2) is 0 Å². The van der Waals surface area contributed by atoms with Crippen LogP contribution in [0.25, 0.3) is 0 Å². The van der Waals surface area contributed by atoms with Gasteiger partial charge >= 0.3 is 0 Å². The molecular formula is C10H22N2. The van der Waals surface area contributed by atoms with Gasteiger partial charge in [-0.05, 0) is 25.9 Å². The van der Waals surface area contributed by atoms with Crippen molar-refractivity contribution in [2.24, 2.45) is 0 Å².